The van der Waals surface area contributed by atoms with Crippen LogP contribution in [0.5, 0.6) is 5.75 Å². The van der Waals surface area contributed by atoms with Gasteiger partial charge in [-0.25, -0.2) is 0 Å². The normalized spacial score (nSPS) is 20.5. The molecule has 1 aliphatic rings. The third-order valence-corrected chi connectivity index (χ3v) is 2.75. The molecule has 1 aromatic rings. The van der Waals surface area contributed by atoms with Crippen LogP contribution in [0.4, 0.5) is 0 Å². The number of aromatic hydroxyl groups is 1. The van der Waals surface area contributed by atoms with Gasteiger partial charge in [-0.15, -0.1) is 0 Å². The summed E-state index contributed by atoms with van der Waals surface area (Å²) in [5, 5.41) is 21.6. The minimum absolute atomic E-state index is 0.196. The highest BCUT2D eigenvalue weighted by molar-refractivity contribution is 5.38. The van der Waals surface area contributed by atoms with E-state index >= 15 is 0 Å². The lowest BCUT2D eigenvalue weighted by molar-refractivity contribution is 0.271. The first kappa shape index (κ1) is 9.49. The van der Waals surface area contributed by atoms with Gasteiger partial charge in [0.15, 0.2) is 0 Å². The van der Waals surface area contributed by atoms with Crippen molar-refractivity contribution in [3.63, 3.8) is 0 Å². The van der Waals surface area contributed by atoms with Crippen molar-refractivity contribution in [2.24, 2.45) is 0 Å². The zero-order valence-corrected chi connectivity index (χ0v) is 8.03. The van der Waals surface area contributed by atoms with Crippen LogP contribution in [0.1, 0.15) is 23.5 Å². The summed E-state index contributed by atoms with van der Waals surface area (Å²) >= 11 is 0. The van der Waals surface area contributed by atoms with E-state index in [2.05, 4.69) is 5.32 Å². The van der Waals surface area contributed by atoms with Crippen LogP contribution in [-0.2, 0) is 6.54 Å². The van der Waals surface area contributed by atoms with Gasteiger partial charge in [-0.2, -0.15) is 0 Å². The molecule has 0 saturated carbocycles. The first-order valence-corrected chi connectivity index (χ1v) is 4.94. The van der Waals surface area contributed by atoms with Crippen molar-refractivity contribution in [1.29, 1.82) is 0 Å². The van der Waals surface area contributed by atoms with Gasteiger partial charge in [0.1, 0.15) is 5.75 Å². The van der Waals surface area contributed by atoms with E-state index in [9.17, 15) is 5.11 Å². The number of aliphatic hydroxyl groups is 1. The number of benzene rings is 1. The molecule has 2 rings (SSSR count). The van der Waals surface area contributed by atoms with Gasteiger partial charge in [0.05, 0.1) is 0 Å². The predicted molar refractivity (Wildman–Crippen MR) is 54.3 cm³/mol. The molecule has 14 heavy (non-hydrogen) atoms. The van der Waals surface area contributed by atoms with Crippen LogP contribution in [0.25, 0.3) is 0 Å². The first-order valence-electron chi connectivity index (χ1n) is 4.94. The molecule has 0 aliphatic carbocycles. The third kappa shape index (κ3) is 1.74. The summed E-state index contributed by atoms with van der Waals surface area (Å²) in [7, 11) is 0. The van der Waals surface area contributed by atoms with E-state index in [0.717, 1.165) is 19.5 Å². The SMILES string of the molecule is OCCC1CNCc2ccc(O)cc21. The summed E-state index contributed by atoms with van der Waals surface area (Å²) in [5.41, 5.74) is 2.41. The molecule has 1 aliphatic heterocycles. The van der Waals surface area contributed by atoms with E-state index in [1.165, 1.54) is 11.1 Å². The molecule has 0 amide bonds. The fourth-order valence-electron chi connectivity index (χ4n) is 2.03. The summed E-state index contributed by atoms with van der Waals surface area (Å²) in [5.74, 6) is 0.643. The molecular weight excluding hydrogens is 178 g/mol. The standard InChI is InChI=1S/C11H15NO2/c13-4-3-9-7-12-6-8-1-2-10(14)5-11(8)9/h1-2,5,9,12-14H,3-4,6-7H2. The van der Waals surface area contributed by atoms with Gasteiger partial charge < -0.3 is 15.5 Å². The fourth-order valence-corrected chi connectivity index (χ4v) is 2.03. The maximum atomic E-state index is 9.39. The van der Waals surface area contributed by atoms with Crippen molar-refractivity contribution in [2.75, 3.05) is 13.2 Å². The van der Waals surface area contributed by atoms with Crippen molar-refractivity contribution < 1.29 is 10.2 Å². The molecule has 0 saturated heterocycles. The lowest BCUT2D eigenvalue weighted by Crippen LogP contribution is -2.28. The molecule has 1 unspecified atom stereocenters. The van der Waals surface area contributed by atoms with Gasteiger partial charge in [0.25, 0.3) is 0 Å². The van der Waals surface area contributed by atoms with E-state index in [1.54, 1.807) is 6.07 Å². The first-order chi connectivity index (χ1) is 6.81. The highest BCUT2D eigenvalue weighted by Gasteiger charge is 2.19. The van der Waals surface area contributed by atoms with Crippen LogP contribution in [0, 0.1) is 0 Å². The van der Waals surface area contributed by atoms with E-state index in [4.69, 9.17) is 5.11 Å². The summed E-state index contributed by atoms with van der Waals surface area (Å²) in [6.45, 7) is 1.94. The van der Waals surface area contributed by atoms with E-state index in [0.29, 0.717) is 11.7 Å². The van der Waals surface area contributed by atoms with Crippen LogP contribution in [0.15, 0.2) is 18.2 Å². The minimum atomic E-state index is 0.196. The molecule has 1 heterocycles. The zero-order chi connectivity index (χ0) is 9.97. The van der Waals surface area contributed by atoms with E-state index < -0.39 is 0 Å². The van der Waals surface area contributed by atoms with Crippen molar-refractivity contribution in [3.8, 4) is 5.75 Å². The summed E-state index contributed by atoms with van der Waals surface area (Å²) < 4.78 is 0. The maximum Gasteiger partial charge on any atom is 0.115 e. The molecular formula is C11H15NO2. The van der Waals surface area contributed by atoms with Crippen LogP contribution in [0.3, 0.4) is 0 Å². The number of aliphatic hydroxyl groups excluding tert-OH is 1. The molecule has 0 fully saturated rings. The van der Waals surface area contributed by atoms with Gasteiger partial charge in [0, 0.05) is 19.7 Å². The molecule has 0 radical (unpaired) electrons. The van der Waals surface area contributed by atoms with Crippen molar-refractivity contribution in [3.05, 3.63) is 29.3 Å². The predicted octanol–water partition coefficient (Wildman–Crippen LogP) is 0.961. The Kier molecular flexibility index (Phi) is 2.70. The van der Waals surface area contributed by atoms with E-state index in [-0.39, 0.29) is 6.61 Å². The van der Waals surface area contributed by atoms with Gasteiger partial charge in [-0.3, -0.25) is 0 Å². The third-order valence-electron chi connectivity index (χ3n) is 2.75. The van der Waals surface area contributed by atoms with Gasteiger partial charge >= 0.3 is 0 Å². The zero-order valence-electron chi connectivity index (χ0n) is 8.03. The lowest BCUT2D eigenvalue weighted by atomic mass is 9.88. The Balaban J connectivity index is 2.32. The van der Waals surface area contributed by atoms with Gasteiger partial charge in [-0.05, 0) is 35.6 Å². The van der Waals surface area contributed by atoms with Crippen molar-refractivity contribution in [2.45, 2.75) is 18.9 Å². The maximum absolute atomic E-state index is 9.39. The van der Waals surface area contributed by atoms with Crippen LogP contribution in [0.2, 0.25) is 0 Å². The quantitative estimate of drug-likeness (QED) is 0.655. The molecule has 0 aromatic heterocycles. The molecule has 1 atom stereocenters. The van der Waals surface area contributed by atoms with Gasteiger partial charge in [0.2, 0.25) is 0 Å². The Morgan fingerprint density at radius 2 is 2.29 bits per heavy atom. The lowest BCUT2D eigenvalue weighted by Gasteiger charge is -2.25. The molecule has 0 bridgehead atoms. The summed E-state index contributed by atoms with van der Waals surface area (Å²) in [6, 6.07) is 5.47. The molecule has 1 aromatic carbocycles. The Morgan fingerprint density at radius 1 is 1.43 bits per heavy atom. The Labute approximate surface area is 83.4 Å². The van der Waals surface area contributed by atoms with Crippen molar-refractivity contribution >= 4 is 0 Å². The average Bonchev–Trinajstić information content (AvgIpc) is 2.19. The largest absolute Gasteiger partial charge is 0.508 e. The molecule has 76 valence electrons. The fraction of sp³-hybridized carbons (Fsp3) is 0.455. The molecule has 3 heteroatoms. The Hall–Kier alpha value is -1.06. The van der Waals surface area contributed by atoms with Crippen LogP contribution < -0.4 is 5.32 Å². The van der Waals surface area contributed by atoms with E-state index in [1.807, 2.05) is 12.1 Å². The molecule has 3 nitrogen and oxygen atoms in total. The van der Waals surface area contributed by atoms with Crippen molar-refractivity contribution in [1.82, 2.24) is 5.32 Å². The second kappa shape index (κ2) is 3.98. The number of hydrogen-bond acceptors (Lipinski definition) is 3. The average molecular weight is 193 g/mol. The number of hydrogen-bond donors (Lipinski definition) is 3. The number of phenolic OH excluding ortho intramolecular Hbond substituents is 1. The Morgan fingerprint density at radius 3 is 3.07 bits per heavy atom. The summed E-state index contributed by atoms with van der Waals surface area (Å²) in [4.78, 5) is 0. The highest BCUT2D eigenvalue weighted by Crippen LogP contribution is 2.29. The highest BCUT2D eigenvalue weighted by atomic mass is 16.3. The summed E-state index contributed by atoms with van der Waals surface area (Å²) in [6.07, 6.45) is 0.753. The van der Waals surface area contributed by atoms with Crippen LogP contribution in [-0.4, -0.2) is 23.4 Å². The second-order valence-electron chi connectivity index (χ2n) is 3.72. The monoisotopic (exact) mass is 193 g/mol. The molecule has 3 N–H and O–H groups in total. The number of phenols is 1. The number of fused-ring (bicyclic) bond motifs is 1. The van der Waals surface area contributed by atoms with Gasteiger partial charge in [-0.1, -0.05) is 6.07 Å². The second-order valence-corrected chi connectivity index (χ2v) is 3.72. The number of rotatable bonds is 2. The minimum Gasteiger partial charge on any atom is -0.508 e. The van der Waals surface area contributed by atoms with Crippen LogP contribution >= 0.6 is 0 Å². The molecule has 0 spiro atoms. The topological polar surface area (TPSA) is 52.5 Å². The number of nitrogens with one attached hydrogen (secondary N) is 1. The smallest absolute Gasteiger partial charge is 0.115 e. The Bertz CT molecular complexity index is 325.